The highest BCUT2D eigenvalue weighted by molar-refractivity contribution is 5.32. The lowest BCUT2D eigenvalue weighted by atomic mass is 9.66. The number of rotatable bonds is 37. The van der Waals surface area contributed by atoms with Gasteiger partial charge in [-0.2, -0.15) is 0 Å². The van der Waals surface area contributed by atoms with Gasteiger partial charge in [0.1, 0.15) is 12.4 Å². The van der Waals surface area contributed by atoms with E-state index in [0.717, 1.165) is 13.0 Å². The van der Waals surface area contributed by atoms with Crippen molar-refractivity contribution in [3.05, 3.63) is 90.0 Å². The molecule has 0 aliphatic rings. The van der Waals surface area contributed by atoms with E-state index in [4.69, 9.17) is 0 Å². The number of aromatic amines is 1. The van der Waals surface area contributed by atoms with Crippen molar-refractivity contribution in [3.8, 4) is 0 Å². The standard InChI is InChI=1S/C53H88N2/c1-4-6-8-10-12-14-16-18-20-22-24-26-28-30-38-44-51(53(3,50-42-36-33-37-43-50)48-49-40-34-32-35-41-49)52-54-45-47-55(52)46-39-31-29-27-25-23-21-19-17-15-13-11-9-7-5-2/h32-37,40-43,45,47,51H,4-31,38-39,44,46,48H2,1-3H3/p+1. The Morgan fingerprint density at radius 3 is 1.29 bits per heavy atom. The zero-order valence-electron chi connectivity index (χ0n) is 36.8. The van der Waals surface area contributed by atoms with Crippen LogP contribution in [0, 0.1) is 0 Å². The first-order valence-electron chi connectivity index (χ1n) is 24.3. The molecule has 310 valence electrons. The van der Waals surface area contributed by atoms with Crippen LogP contribution in [-0.4, -0.2) is 4.98 Å². The summed E-state index contributed by atoms with van der Waals surface area (Å²) in [6.07, 6.45) is 49.3. The van der Waals surface area contributed by atoms with Crippen LogP contribution in [-0.2, 0) is 18.4 Å². The van der Waals surface area contributed by atoms with E-state index in [1.54, 1.807) is 0 Å². The summed E-state index contributed by atoms with van der Waals surface area (Å²) < 4.78 is 2.60. The van der Waals surface area contributed by atoms with Crippen LogP contribution in [0.25, 0.3) is 0 Å². The second-order valence-corrected chi connectivity index (χ2v) is 17.7. The Bertz CT molecular complexity index is 1250. The number of hydrogen-bond donors (Lipinski definition) is 1. The van der Waals surface area contributed by atoms with Crippen molar-refractivity contribution in [2.45, 2.75) is 244 Å². The minimum absolute atomic E-state index is 0.000268. The van der Waals surface area contributed by atoms with Gasteiger partial charge in [-0.1, -0.05) is 261 Å². The molecule has 0 amide bonds. The smallest absolute Gasteiger partial charge is 0.247 e. The maximum absolute atomic E-state index is 3.83. The summed E-state index contributed by atoms with van der Waals surface area (Å²) in [5, 5.41) is 0. The predicted octanol–water partition coefficient (Wildman–Crippen LogP) is 16.7. The van der Waals surface area contributed by atoms with E-state index in [1.165, 1.54) is 216 Å². The van der Waals surface area contributed by atoms with Gasteiger partial charge in [-0.15, -0.1) is 0 Å². The molecule has 2 unspecified atom stereocenters. The maximum atomic E-state index is 3.83. The summed E-state index contributed by atoms with van der Waals surface area (Å²) in [7, 11) is 0. The van der Waals surface area contributed by atoms with Gasteiger partial charge in [0, 0.05) is 5.41 Å². The fourth-order valence-electron chi connectivity index (χ4n) is 9.27. The lowest BCUT2D eigenvalue weighted by Gasteiger charge is -2.37. The average molecular weight is 754 g/mol. The number of hydrogen-bond acceptors (Lipinski definition) is 0. The Morgan fingerprint density at radius 2 is 0.855 bits per heavy atom. The lowest BCUT2D eigenvalue weighted by Crippen LogP contribution is -2.43. The van der Waals surface area contributed by atoms with Crippen LogP contribution in [0.1, 0.15) is 243 Å². The number of aryl methyl sites for hydroxylation is 1. The molecule has 0 bridgehead atoms. The highest BCUT2D eigenvalue weighted by Gasteiger charge is 2.42. The molecule has 55 heavy (non-hydrogen) atoms. The van der Waals surface area contributed by atoms with Crippen molar-refractivity contribution < 1.29 is 4.57 Å². The largest absolute Gasteiger partial charge is 0.258 e. The zero-order chi connectivity index (χ0) is 38.9. The van der Waals surface area contributed by atoms with Gasteiger partial charge < -0.3 is 0 Å². The molecule has 2 atom stereocenters. The molecular formula is C53H89N2+. The molecule has 1 N–H and O–H groups in total. The molecule has 3 rings (SSSR count). The molecule has 3 aromatic rings. The van der Waals surface area contributed by atoms with E-state index in [-0.39, 0.29) is 5.41 Å². The van der Waals surface area contributed by atoms with Crippen LogP contribution >= 0.6 is 0 Å². The highest BCUT2D eigenvalue weighted by Crippen LogP contribution is 2.43. The number of benzene rings is 2. The SMILES string of the molecule is CCCCCCCCCCCCCCCCCC(c1[nH]cc[n+]1CCCCCCCCCCCCCCCCC)C(C)(Cc1ccccc1)c1ccccc1. The van der Waals surface area contributed by atoms with Gasteiger partial charge in [0.2, 0.25) is 0 Å². The molecule has 2 nitrogen and oxygen atoms in total. The van der Waals surface area contributed by atoms with E-state index >= 15 is 0 Å². The molecule has 0 aliphatic carbocycles. The van der Waals surface area contributed by atoms with Crippen molar-refractivity contribution in [1.82, 2.24) is 4.98 Å². The summed E-state index contributed by atoms with van der Waals surface area (Å²) in [4.78, 5) is 3.83. The fraction of sp³-hybridized carbons (Fsp3) is 0.717. The number of imidazole rings is 1. The van der Waals surface area contributed by atoms with Crippen molar-refractivity contribution in [2.24, 2.45) is 0 Å². The minimum atomic E-state index is 0.000268. The molecule has 0 radical (unpaired) electrons. The molecule has 1 aromatic heterocycles. The van der Waals surface area contributed by atoms with Gasteiger partial charge in [-0.25, -0.2) is 9.55 Å². The topological polar surface area (TPSA) is 19.7 Å². The molecule has 0 aliphatic heterocycles. The Kier molecular flexibility index (Phi) is 27.1. The maximum Gasteiger partial charge on any atom is 0.258 e. The summed E-state index contributed by atoms with van der Waals surface area (Å²) in [6, 6.07) is 22.7. The summed E-state index contributed by atoms with van der Waals surface area (Å²) in [6.45, 7) is 8.31. The second kappa shape index (κ2) is 31.7. The van der Waals surface area contributed by atoms with Crippen molar-refractivity contribution in [3.63, 3.8) is 0 Å². The van der Waals surface area contributed by atoms with E-state index in [1.807, 2.05) is 0 Å². The third-order valence-corrected chi connectivity index (χ3v) is 12.8. The predicted molar refractivity (Wildman–Crippen MR) is 242 cm³/mol. The molecule has 2 heteroatoms. The third kappa shape index (κ3) is 20.6. The number of nitrogens with one attached hydrogen (secondary N) is 1. The van der Waals surface area contributed by atoms with E-state index in [0.29, 0.717) is 5.92 Å². The van der Waals surface area contributed by atoms with Gasteiger partial charge in [0.15, 0.2) is 0 Å². The van der Waals surface area contributed by atoms with Crippen molar-refractivity contribution >= 4 is 0 Å². The first-order valence-corrected chi connectivity index (χ1v) is 24.3. The second-order valence-electron chi connectivity index (χ2n) is 17.7. The summed E-state index contributed by atoms with van der Waals surface area (Å²) >= 11 is 0. The quantitative estimate of drug-likeness (QED) is 0.0447. The average Bonchev–Trinajstić information content (AvgIpc) is 3.67. The zero-order valence-corrected chi connectivity index (χ0v) is 36.8. The van der Waals surface area contributed by atoms with Crippen molar-refractivity contribution in [1.29, 1.82) is 0 Å². The fourth-order valence-corrected chi connectivity index (χ4v) is 9.27. The monoisotopic (exact) mass is 754 g/mol. The molecule has 2 aromatic carbocycles. The van der Waals surface area contributed by atoms with Gasteiger partial charge in [-0.3, -0.25) is 0 Å². The Balaban J connectivity index is 1.47. The normalized spacial score (nSPS) is 13.3. The van der Waals surface area contributed by atoms with Gasteiger partial charge in [0.25, 0.3) is 5.82 Å². The molecule has 1 heterocycles. The van der Waals surface area contributed by atoms with Gasteiger partial charge >= 0.3 is 0 Å². The Labute approximate surface area is 342 Å². The van der Waals surface area contributed by atoms with Crippen LogP contribution in [0.15, 0.2) is 73.1 Å². The number of aromatic nitrogens is 2. The number of H-pyrrole nitrogens is 1. The number of nitrogens with zero attached hydrogens (tertiary/aromatic N) is 1. The van der Waals surface area contributed by atoms with E-state index in [9.17, 15) is 0 Å². The molecule has 0 spiro atoms. The van der Waals surface area contributed by atoms with Crippen LogP contribution < -0.4 is 4.57 Å². The molecule has 0 saturated carbocycles. The summed E-state index contributed by atoms with van der Waals surface area (Å²) in [5.41, 5.74) is 2.91. The summed E-state index contributed by atoms with van der Waals surface area (Å²) in [5.74, 6) is 1.88. The van der Waals surface area contributed by atoms with E-state index < -0.39 is 0 Å². The Hall–Kier alpha value is -2.35. The molecule has 0 fully saturated rings. The van der Waals surface area contributed by atoms with Crippen molar-refractivity contribution in [2.75, 3.05) is 0 Å². The first kappa shape index (κ1) is 47.0. The molecule has 0 saturated heterocycles. The van der Waals surface area contributed by atoms with Crippen LogP contribution in [0.3, 0.4) is 0 Å². The van der Waals surface area contributed by atoms with Crippen LogP contribution in [0.5, 0.6) is 0 Å². The van der Waals surface area contributed by atoms with Gasteiger partial charge in [-0.05, 0) is 36.8 Å². The van der Waals surface area contributed by atoms with E-state index in [2.05, 4.69) is 103 Å². The molecular weight excluding hydrogens is 665 g/mol. The first-order chi connectivity index (χ1) is 27.2. The Morgan fingerprint density at radius 1 is 0.473 bits per heavy atom. The van der Waals surface area contributed by atoms with Crippen LogP contribution in [0.4, 0.5) is 0 Å². The minimum Gasteiger partial charge on any atom is -0.247 e. The third-order valence-electron chi connectivity index (χ3n) is 12.8. The number of unbranched alkanes of at least 4 members (excludes halogenated alkanes) is 28. The lowest BCUT2D eigenvalue weighted by molar-refractivity contribution is -0.705. The van der Waals surface area contributed by atoms with Gasteiger partial charge in [0.05, 0.1) is 12.5 Å². The van der Waals surface area contributed by atoms with Crippen LogP contribution in [0.2, 0.25) is 0 Å². The highest BCUT2D eigenvalue weighted by atomic mass is 15.1.